The minimum absolute atomic E-state index is 0.0284. The molecule has 3 heterocycles. The standard InChI is InChI=1S/C23H21Cl2N3O3S/c1-23(2)8-13-17(14(29)9-23)18(19-20(26-13)27-22(32)28-21(19)30)16-6-5-15(31-16)10-3-4-11(24)12(25)7-10/h3-7,18-20,26H,8-9H2,1-2H3,(H2,27,28,30,32). The highest BCUT2D eigenvalue weighted by Gasteiger charge is 2.51. The number of ketones is 1. The smallest absolute Gasteiger partial charge is 0.234 e. The Morgan fingerprint density at radius 1 is 1.06 bits per heavy atom. The number of amides is 1. The molecule has 3 unspecified atom stereocenters. The lowest BCUT2D eigenvalue weighted by atomic mass is 9.67. The lowest BCUT2D eigenvalue weighted by molar-refractivity contribution is -0.127. The second kappa shape index (κ2) is 7.61. The molecule has 1 saturated heterocycles. The van der Waals surface area contributed by atoms with E-state index in [0.717, 1.165) is 11.3 Å². The first-order valence-electron chi connectivity index (χ1n) is 10.3. The number of furan rings is 1. The first-order chi connectivity index (χ1) is 15.1. The minimum Gasteiger partial charge on any atom is -0.460 e. The third-order valence-electron chi connectivity index (χ3n) is 6.24. The Balaban J connectivity index is 1.62. The van der Waals surface area contributed by atoms with Crippen LogP contribution in [-0.4, -0.2) is 23.0 Å². The van der Waals surface area contributed by atoms with Crippen LogP contribution >= 0.6 is 35.4 Å². The fourth-order valence-corrected chi connectivity index (χ4v) is 5.44. The van der Waals surface area contributed by atoms with Gasteiger partial charge in [-0.1, -0.05) is 37.0 Å². The summed E-state index contributed by atoms with van der Waals surface area (Å²) in [5.41, 5.74) is 2.04. The molecule has 6 nitrogen and oxygen atoms in total. The molecule has 2 aliphatic heterocycles. The number of hydrogen-bond acceptors (Lipinski definition) is 5. The van der Waals surface area contributed by atoms with Crippen LogP contribution in [0.5, 0.6) is 0 Å². The van der Waals surface area contributed by atoms with E-state index >= 15 is 0 Å². The van der Waals surface area contributed by atoms with Crippen LogP contribution < -0.4 is 16.0 Å². The Labute approximate surface area is 200 Å². The Kier molecular flexibility index (Phi) is 5.11. The summed E-state index contributed by atoms with van der Waals surface area (Å²) >= 11 is 17.4. The second-order valence-corrected chi connectivity index (χ2v) is 10.5. The summed E-state index contributed by atoms with van der Waals surface area (Å²) in [6, 6.07) is 8.89. The summed E-state index contributed by atoms with van der Waals surface area (Å²) in [7, 11) is 0. The van der Waals surface area contributed by atoms with Gasteiger partial charge in [-0.25, -0.2) is 0 Å². The molecule has 1 fully saturated rings. The largest absolute Gasteiger partial charge is 0.460 e. The van der Waals surface area contributed by atoms with E-state index in [9.17, 15) is 9.59 Å². The monoisotopic (exact) mass is 489 g/mol. The zero-order valence-corrected chi connectivity index (χ0v) is 19.8. The molecule has 1 aliphatic carbocycles. The Hall–Kier alpha value is -2.35. The van der Waals surface area contributed by atoms with Crippen molar-refractivity contribution in [2.24, 2.45) is 11.3 Å². The van der Waals surface area contributed by atoms with E-state index in [2.05, 4.69) is 29.8 Å². The van der Waals surface area contributed by atoms with Gasteiger partial charge < -0.3 is 20.4 Å². The summed E-state index contributed by atoms with van der Waals surface area (Å²) in [6.07, 6.45) is 0.680. The lowest BCUT2D eigenvalue weighted by Crippen LogP contribution is -2.66. The van der Waals surface area contributed by atoms with E-state index in [4.69, 9.17) is 39.8 Å². The zero-order chi connectivity index (χ0) is 22.8. The number of nitrogens with one attached hydrogen (secondary N) is 3. The fraction of sp³-hybridized carbons (Fsp3) is 0.348. The third kappa shape index (κ3) is 3.62. The highest BCUT2D eigenvalue weighted by atomic mass is 35.5. The first-order valence-corrected chi connectivity index (χ1v) is 11.5. The van der Waals surface area contributed by atoms with Crippen molar-refractivity contribution in [3.05, 3.63) is 57.4 Å². The lowest BCUT2D eigenvalue weighted by Gasteiger charge is -2.46. The van der Waals surface area contributed by atoms with E-state index in [-0.39, 0.29) is 22.2 Å². The van der Waals surface area contributed by atoms with Crippen LogP contribution in [0.4, 0.5) is 0 Å². The SMILES string of the molecule is CC1(C)CC(=O)C2=C(C1)NC1NC(=S)NC(=O)C1C2c1ccc(-c2ccc(Cl)c(Cl)c2)o1. The molecule has 166 valence electrons. The molecular weight excluding hydrogens is 469 g/mol. The van der Waals surface area contributed by atoms with Crippen LogP contribution in [-0.2, 0) is 9.59 Å². The van der Waals surface area contributed by atoms with Crippen LogP contribution in [0.2, 0.25) is 10.0 Å². The molecule has 1 aromatic heterocycles. The van der Waals surface area contributed by atoms with Gasteiger partial charge in [-0.2, -0.15) is 0 Å². The minimum atomic E-state index is -0.599. The number of hydrogen-bond donors (Lipinski definition) is 3. The van der Waals surface area contributed by atoms with Gasteiger partial charge >= 0.3 is 0 Å². The molecule has 0 bridgehead atoms. The van der Waals surface area contributed by atoms with E-state index < -0.39 is 18.0 Å². The summed E-state index contributed by atoms with van der Waals surface area (Å²) in [5, 5.41) is 10.4. The van der Waals surface area contributed by atoms with Crippen LogP contribution in [0.25, 0.3) is 11.3 Å². The fourth-order valence-electron chi connectivity index (χ4n) is 4.92. The molecule has 1 amide bonds. The van der Waals surface area contributed by atoms with Crippen LogP contribution in [0.3, 0.4) is 0 Å². The molecule has 3 atom stereocenters. The molecule has 5 rings (SSSR count). The van der Waals surface area contributed by atoms with Crippen molar-refractivity contribution in [1.29, 1.82) is 0 Å². The van der Waals surface area contributed by atoms with E-state index in [0.29, 0.717) is 40.0 Å². The number of carbonyl (C=O) groups excluding carboxylic acids is 2. The van der Waals surface area contributed by atoms with E-state index in [1.807, 2.05) is 18.2 Å². The molecule has 3 aliphatic rings. The first kappa shape index (κ1) is 21.5. The van der Waals surface area contributed by atoms with E-state index in [1.165, 1.54) is 0 Å². The number of halogens is 2. The van der Waals surface area contributed by atoms with Crippen molar-refractivity contribution in [3.63, 3.8) is 0 Å². The van der Waals surface area contributed by atoms with Crippen molar-refractivity contribution < 1.29 is 14.0 Å². The maximum Gasteiger partial charge on any atom is 0.234 e. The van der Waals surface area contributed by atoms with Gasteiger partial charge in [0.1, 0.15) is 17.7 Å². The summed E-state index contributed by atoms with van der Waals surface area (Å²) in [6.45, 7) is 4.14. The second-order valence-electron chi connectivity index (χ2n) is 9.25. The van der Waals surface area contributed by atoms with Crippen LogP contribution in [0.1, 0.15) is 38.4 Å². The predicted octanol–water partition coefficient (Wildman–Crippen LogP) is 4.53. The van der Waals surface area contributed by atoms with Crippen molar-refractivity contribution in [2.45, 2.75) is 38.8 Å². The van der Waals surface area contributed by atoms with Gasteiger partial charge in [-0.15, -0.1) is 0 Å². The average molecular weight is 490 g/mol. The number of benzene rings is 1. The highest BCUT2D eigenvalue weighted by Crippen LogP contribution is 2.48. The maximum atomic E-state index is 13.3. The molecule has 0 radical (unpaired) electrons. The number of rotatable bonds is 2. The quantitative estimate of drug-likeness (QED) is 0.537. The number of fused-ring (bicyclic) bond motifs is 1. The molecule has 0 spiro atoms. The molecule has 0 saturated carbocycles. The molecular formula is C23H21Cl2N3O3S. The van der Waals surface area contributed by atoms with Gasteiger partial charge in [-0.05, 0) is 54.4 Å². The molecule has 1 aromatic carbocycles. The van der Waals surface area contributed by atoms with Crippen molar-refractivity contribution >= 4 is 52.2 Å². The third-order valence-corrected chi connectivity index (χ3v) is 7.20. The van der Waals surface area contributed by atoms with Crippen LogP contribution in [0.15, 0.2) is 46.0 Å². The number of carbonyl (C=O) groups is 2. The summed E-state index contributed by atoms with van der Waals surface area (Å²) in [4.78, 5) is 26.3. The normalized spacial score (nSPS) is 26.6. The molecule has 2 aromatic rings. The van der Waals surface area contributed by atoms with Crippen LogP contribution in [0, 0.1) is 11.3 Å². The molecule has 9 heteroatoms. The Morgan fingerprint density at radius 3 is 2.59 bits per heavy atom. The number of allylic oxidation sites excluding steroid dienone is 2. The Bertz CT molecular complexity index is 1200. The molecule has 3 N–H and O–H groups in total. The van der Waals surface area contributed by atoms with Gasteiger partial charge in [0.05, 0.1) is 21.9 Å². The molecule has 32 heavy (non-hydrogen) atoms. The van der Waals surface area contributed by atoms with Gasteiger partial charge in [-0.3, -0.25) is 9.59 Å². The Morgan fingerprint density at radius 2 is 1.84 bits per heavy atom. The van der Waals surface area contributed by atoms with Gasteiger partial charge in [0.25, 0.3) is 0 Å². The van der Waals surface area contributed by atoms with Gasteiger partial charge in [0.2, 0.25) is 5.91 Å². The van der Waals surface area contributed by atoms with E-state index in [1.54, 1.807) is 12.1 Å². The summed E-state index contributed by atoms with van der Waals surface area (Å²) < 4.78 is 6.22. The van der Waals surface area contributed by atoms with Gasteiger partial charge in [0, 0.05) is 23.3 Å². The summed E-state index contributed by atoms with van der Waals surface area (Å²) in [5.74, 6) is -0.217. The van der Waals surface area contributed by atoms with Crippen molar-refractivity contribution in [3.8, 4) is 11.3 Å². The highest BCUT2D eigenvalue weighted by molar-refractivity contribution is 7.80. The predicted molar refractivity (Wildman–Crippen MR) is 126 cm³/mol. The number of thiocarbonyl (C=S) groups is 1. The zero-order valence-electron chi connectivity index (χ0n) is 17.4. The maximum absolute atomic E-state index is 13.3. The van der Waals surface area contributed by atoms with Gasteiger partial charge in [0.15, 0.2) is 10.9 Å². The topological polar surface area (TPSA) is 83.4 Å². The average Bonchev–Trinajstić information content (AvgIpc) is 3.17. The van der Waals surface area contributed by atoms with Crippen molar-refractivity contribution in [2.75, 3.05) is 0 Å². The number of Topliss-reactive ketones (excluding diaryl/α,β-unsaturated/α-hetero) is 1. The van der Waals surface area contributed by atoms with Crippen molar-refractivity contribution in [1.82, 2.24) is 16.0 Å².